The molecule has 0 saturated carbocycles. The number of carboxylic acids is 1. The van der Waals surface area contributed by atoms with E-state index in [1.165, 1.54) is 0 Å². The highest BCUT2D eigenvalue weighted by Crippen LogP contribution is 2.17. The van der Waals surface area contributed by atoms with Crippen LogP contribution in [0, 0.1) is 0 Å². The van der Waals surface area contributed by atoms with Crippen molar-refractivity contribution in [1.29, 1.82) is 0 Å². The van der Waals surface area contributed by atoms with Crippen molar-refractivity contribution in [2.75, 3.05) is 13.2 Å². The molecule has 1 aliphatic rings. The van der Waals surface area contributed by atoms with Gasteiger partial charge >= 0.3 is 12.0 Å². The number of nitrogens with one attached hydrogen (secondary N) is 2. The number of carbonyl (C=O) groups excluding carboxylic acids is 1. The molecule has 3 N–H and O–H groups in total. The lowest BCUT2D eigenvalue weighted by Gasteiger charge is -2.25. The summed E-state index contributed by atoms with van der Waals surface area (Å²) >= 11 is 0. The summed E-state index contributed by atoms with van der Waals surface area (Å²) in [7, 11) is 0. The minimum Gasteiger partial charge on any atom is -0.481 e. The van der Waals surface area contributed by atoms with Gasteiger partial charge in [-0.05, 0) is 19.8 Å². The molecule has 2 unspecified atom stereocenters. The summed E-state index contributed by atoms with van der Waals surface area (Å²) in [5.41, 5.74) is -0.342. The fourth-order valence-corrected chi connectivity index (χ4v) is 1.77. The summed E-state index contributed by atoms with van der Waals surface area (Å²) in [5.74, 6) is -0.910. The van der Waals surface area contributed by atoms with Gasteiger partial charge in [0, 0.05) is 12.6 Å². The first-order valence-electron chi connectivity index (χ1n) is 5.83. The summed E-state index contributed by atoms with van der Waals surface area (Å²) in [6.45, 7) is 4.89. The second kappa shape index (κ2) is 5.86. The highest BCUT2D eigenvalue weighted by molar-refractivity contribution is 5.76. The highest BCUT2D eigenvalue weighted by atomic mass is 16.5. The van der Waals surface area contributed by atoms with Crippen molar-refractivity contribution in [2.24, 2.45) is 0 Å². The van der Waals surface area contributed by atoms with Crippen LogP contribution in [0.1, 0.15) is 33.1 Å². The van der Waals surface area contributed by atoms with Gasteiger partial charge in [-0.15, -0.1) is 0 Å². The smallest absolute Gasteiger partial charge is 0.315 e. The van der Waals surface area contributed by atoms with Crippen LogP contribution in [0.4, 0.5) is 4.79 Å². The Labute approximate surface area is 101 Å². The molecule has 0 spiro atoms. The predicted octanol–water partition coefficient (Wildman–Crippen LogP) is 0.718. The molecule has 2 atom stereocenters. The average Bonchev–Trinajstić information content (AvgIpc) is 2.62. The molecule has 1 aliphatic heterocycles. The Morgan fingerprint density at radius 3 is 2.71 bits per heavy atom. The van der Waals surface area contributed by atoms with E-state index in [9.17, 15) is 9.59 Å². The number of urea groups is 1. The fourth-order valence-electron chi connectivity index (χ4n) is 1.77. The van der Waals surface area contributed by atoms with E-state index < -0.39 is 5.97 Å². The second-order valence-corrected chi connectivity index (χ2v) is 4.66. The van der Waals surface area contributed by atoms with Crippen molar-refractivity contribution in [1.82, 2.24) is 10.6 Å². The van der Waals surface area contributed by atoms with E-state index in [2.05, 4.69) is 10.6 Å². The second-order valence-electron chi connectivity index (χ2n) is 4.66. The molecule has 1 heterocycles. The molecule has 1 fully saturated rings. The number of carbonyl (C=O) groups is 2. The van der Waals surface area contributed by atoms with E-state index in [-0.39, 0.29) is 24.0 Å². The minimum atomic E-state index is -0.910. The van der Waals surface area contributed by atoms with E-state index in [1.807, 2.05) is 13.8 Å². The van der Waals surface area contributed by atoms with Gasteiger partial charge in [0.25, 0.3) is 0 Å². The summed E-state index contributed by atoms with van der Waals surface area (Å²) in [6, 6.07) is -0.662. The first-order chi connectivity index (χ1) is 7.95. The van der Waals surface area contributed by atoms with E-state index in [4.69, 9.17) is 9.84 Å². The summed E-state index contributed by atoms with van der Waals surface area (Å²) in [4.78, 5) is 22.3. The average molecular weight is 244 g/mol. The van der Waals surface area contributed by atoms with Crippen LogP contribution in [0.5, 0.6) is 0 Å². The third kappa shape index (κ3) is 4.60. The van der Waals surface area contributed by atoms with Crippen LogP contribution in [0.25, 0.3) is 0 Å². The standard InChI is InChI=1S/C11H20N2O4/c1-3-8(6-9(14)15)12-10(16)13-11(2)4-5-17-7-11/h8H,3-7H2,1-2H3,(H,14,15)(H2,12,13,16). The zero-order valence-corrected chi connectivity index (χ0v) is 10.3. The van der Waals surface area contributed by atoms with Crippen molar-refractivity contribution >= 4 is 12.0 Å². The summed E-state index contributed by atoms with van der Waals surface area (Å²) in [6.07, 6.45) is 1.31. The van der Waals surface area contributed by atoms with E-state index >= 15 is 0 Å². The SMILES string of the molecule is CCC(CC(=O)O)NC(=O)NC1(C)CCOC1. The van der Waals surface area contributed by atoms with Crippen LogP contribution >= 0.6 is 0 Å². The van der Waals surface area contributed by atoms with Crippen molar-refractivity contribution < 1.29 is 19.4 Å². The molecule has 17 heavy (non-hydrogen) atoms. The molecule has 0 aromatic carbocycles. The Hall–Kier alpha value is -1.30. The quantitative estimate of drug-likeness (QED) is 0.665. The molecular formula is C11H20N2O4. The van der Waals surface area contributed by atoms with Crippen LogP contribution in [0.2, 0.25) is 0 Å². The molecule has 0 radical (unpaired) electrons. The molecular weight excluding hydrogens is 224 g/mol. The molecule has 0 aromatic heterocycles. The Morgan fingerprint density at radius 1 is 1.53 bits per heavy atom. The van der Waals surface area contributed by atoms with Crippen LogP contribution in [0.3, 0.4) is 0 Å². The van der Waals surface area contributed by atoms with Crippen LogP contribution in [0.15, 0.2) is 0 Å². The number of aliphatic carboxylic acids is 1. The van der Waals surface area contributed by atoms with Gasteiger partial charge in [0.15, 0.2) is 0 Å². The number of hydrogen-bond donors (Lipinski definition) is 3. The molecule has 0 aromatic rings. The number of ether oxygens (including phenoxy) is 1. The van der Waals surface area contributed by atoms with Gasteiger partial charge in [-0.3, -0.25) is 4.79 Å². The predicted molar refractivity (Wildman–Crippen MR) is 61.8 cm³/mol. The first-order valence-corrected chi connectivity index (χ1v) is 5.83. The molecule has 1 rings (SSSR count). The third-order valence-corrected chi connectivity index (χ3v) is 2.88. The first kappa shape index (κ1) is 13.8. The summed E-state index contributed by atoms with van der Waals surface area (Å²) in [5, 5.41) is 14.2. The lowest BCUT2D eigenvalue weighted by molar-refractivity contribution is -0.137. The zero-order chi connectivity index (χ0) is 12.9. The van der Waals surface area contributed by atoms with Gasteiger partial charge < -0.3 is 20.5 Å². The minimum absolute atomic E-state index is 0.0584. The van der Waals surface area contributed by atoms with Crippen molar-refractivity contribution in [3.05, 3.63) is 0 Å². The Balaban J connectivity index is 2.39. The van der Waals surface area contributed by atoms with E-state index in [0.717, 1.165) is 6.42 Å². The number of rotatable bonds is 5. The number of hydrogen-bond acceptors (Lipinski definition) is 3. The zero-order valence-electron chi connectivity index (χ0n) is 10.3. The summed E-state index contributed by atoms with van der Waals surface area (Å²) < 4.78 is 5.22. The molecule has 98 valence electrons. The van der Waals surface area contributed by atoms with E-state index in [0.29, 0.717) is 19.6 Å². The van der Waals surface area contributed by atoms with Gasteiger partial charge in [0.05, 0.1) is 18.6 Å². The van der Waals surface area contributed by atoms with Gasteiger partial charge in [-0.2, -0.15) is 0 Å². The molecule has 6 heteroatoms. The molecule has 2 amide bonds. The van der Waals surface area contributed by atoms with E-state index in [1.54, 1.807) is 0 Å². The maximum absolute atomic E-state index is 11.7. The van der Waals surface area contributed by atoms with Gasteiger partial charge in [-0.25, -0.2) is 4.79 Å². The van der Waals surface area contributed by atoms with Crippen molar-refractivity contribution in [2.45, 2.75) is 44.7 Å². The monoisotopic (exact) mass is 244 g/mol. The van der Waals surface area contributed by atoms with Gasteiger partial charge in [0.1, 0.15) is 0 Å². The van der Waals surface area contributed by atoms with Crippen LogP contribution < -0.4 is 10.6 Å². The van der Waals surface area contributed by atoms with Crippen LogP contribution in [-0.2, 0) is 9.53 Å². The normalized spacial score (nSPS) is 25.3. The number of amides is 2. The van der Waals surface area contributed by atoms with Crippen LogP contribution in [-0.4, -0.2) is 41.9 Å². The van der Waals surface area contributed by atoms with Crippen molar-refractivity contribution in [3.8, 4) is 0 Å². The largest absolute Gasteiger partial charge is 0.481 e. The topological polar surface area (TPSA) is 87.7 Å². The maximum atomic E-state index is 11.7. The maximum Gasteiger partial charge on any atom is 0.315 e. The lowest BCUT2D eigenvalue weighted by atomic mass is 10.0. The highest BCUT2D eigenvalue weighted by Gasteiger charge is 2.31. The molecule has 0 bridgehead atoms. The molecule has 1 saturated heterocycles. The Morgan fingerprint density at radius 2 is 2.24 bits per heavy atom. The molecule has 6 nitrogen and oxygen atoms in total. The van der Waals surface area contributed by atoms with Gasteiger partial charge in [0.2, 0.25) is 0 Å². The van der Waals surface area contributed by atoms with Gasteiger partial charge in [-0.1, -0.05) is 6.92 Å². The number of carboxylic acid groups (broad SMARTS) is 1. The third-order valence-electron chi connectivity index (χ3n) is 2.88. The molecule has 0 aliphatic carbocycles. The fraction of sp³-hybridized carbons (Fsp3) is 0.818. The lowest BCUT2D eigenvalue weighted by Crippen LogP contribution is -2.53. The Bertz CT molecular complexity index is 287. The Kier molecular flexibility index (Phi) is 4.74. The van der Waals surface area contributed by atoms with Crippen molar-refractivity contribution in [3.63, 3.8) is 0 Å².